The number of hydrogen-bond acceptors (Lipinski definition) is 3. The summed E-state index contributed by atoms with van der Waals surface area (Å²) in [7, 11) is 2.08. The fourth-order valence-electron chi connectivity index (χ4n) is 2.54. The van der Waals surface area contributed by atoms with Crippen LogP contribution in [0.1, 0.15) is 29.3 Å². The van der Waals surface area contributed by atoms with Crippen molar-refractivity contribution in [1.29, 1.82) is 0 Å². The van der Waals surface area contributed by atoms with Gasteiger partial charge in [-0.3, -0.25) is 9.59 Å². The van der Waals surface area contributed by atoms with E-state index in [0.29, 0.717) is 17.8 Å². The molecule has 0 saturated carbocycles. The minimum Gasteiger partial charge on any atom is -0.352 e. The monoisotopic (exact) mass is 339 g/mol. The van der Waals surface area contributed by atoms with Crippen molar-refractivity contribution in [2.45, 2.75) is 19.9 Å². The van der Waals surface area contributed by atoms with E-state index < -0.39 is 0 Å². The molecule has 0 aliphatic rings. The Labute approximate surface area is 149 Å². The molecule has 2 rings (SSSR count). The van der Waals surface area contributed by atoms with E-state index in [1.54, 1.807) is 24.3 Å². The highest BCUT2D eigenvalue weighted by Gasteiger charge is 2.06. The number of carbonyl (C=O) groups is 2. The Morgan fingerprint density at radius 3 is 2.32 bits per heavy atom. The summed E-state index contributed by atoms with van der Waals surface area (Å²) < 4.78 is 0. The topological polar surface area (TPSA) is 61.4 Å². The van der Waals surface area contributed by atoms with Crippen molar-refractivity contribution in [3.63, 3.8) is 0 Å². The summed E-state index contributed by atoms with van der Waals surface area (Å²) in [6, 6.07) is 17.2. The van der Waals surface area contributed by atoms with Crippen molar-refractivity contribution < 1.29 is 9.59 Å². The van der Waals surface area contributed by atoms with E-state index in [0.717, 1.165) is 19.5 Å². The van der Waals surface area contributed by atoms with E-state index >= 15 is 0 Å². The summed E-state index contributed by atoms with van der Waals surface area (Å²) in [5, 5.41) is 5.60. The Morgan fingerprint density at radius 2 is 1.68 bits per heavy atom. The van der Waals surface area contributed by atoms with Gasteiger partial charge in [0.15, 0.2) is 0 Å². The third-order valence-corrected chi connectivity index (χ3v) is 3.76. The average Bonchev–Trinajstić information content (AvgIpc) is 2.59. The molecule has 2 aromatic rings. The van der Waals surface area contributed by atoms with Gasteiger partial charge in [-0.15, -0.1) is 0 Å². The van der Waals surface area contributed by atoms with E-state index in [9.17, 15) is 9.59 Å². The van der Waals surface area contributed by atoms with Crippen LogP contribution in [0.25, 0.3) is 0 Å². The molecule has 0 bridgehead atoms. The van der Waals surface area contributed by atoms with Gasteiger partial charge in [-0.25, -0.2) is 0 Å². The summed E-state index contributed by atoms with van der Waals surface area (Å²) >= 11 is 0. The maximum Gasteiger partial charge on any atom is 0.251 e. The van der Waals surface area contributed by atoms with Crippen LogP contribution < -0.4 is 10.6 Å². The van der Waals surface area contributed by atoms with Gasteiger partial charge >= 0.3 is 0 Å². The van der Waals surface area contributed by atoms with Crippen molar-refractivity contribution in [3.8, 4) is 0 Å². The molecule has 0 aliphatic carbocycles. The zero-order valence-electron chi connectivity index (χ0n) is 14.8. The lowest BCUT2D eigenvalue weighted by Crippen LogP contribution is -2.28. The van der Waals surface area contributed by atoms with Crippen LogP contribution >= 0.6 is 0 Å². The second kappa shape index (κ2) is 9.59. The second-order valence-corrected chi connectivity index (χ2v) is 6.09. The molecule has 5 nitrogen and oxygen atoms in total. The first-order valence-electron chi connectivity index (χ1n) is 8.43. The second-order valence-electron chi connectivity index (χ2n) is 6.09. The molecule has 0 saturated heterocycles. The number of carbonyl (C=O) groups excluding carboxylic acids is 2. The molecule has 0 heterocycles. The van der Waals surface area contributed by atoms with Crippen molar-refractivity contribution in [2.75, 3.05) is 25.5 Å². The number of benzene rings is 2. The van der Waals surface area contributed by atoms with Gasteiger partial charge in [-0.2, -0.15) is 0 Å². The molecule has 5 heteroatoms. The van der Waals surface area contributed by atoms with Crippen molar-refractivity contribution in [3.05, 3.63) is 65.7 Å². The van der Waals surface area contributed by atoms with Crippen molar-refractivity contribution in [2.24, 2.45) is 0 Å². The summed E-state index contributed by atoms with van der Waals surface area (Å²) in [5.74, 6) is -0.225. The Hall–Kier alpha value is -2.66. The van der Waals surface area contributed by atoms with Gasteiger partial charge in [0.1, 0.15) is 0 Å². The fourth-order valence-corrected chi connectivity index (χ4v) is 2.54. The number of anilines is 1. The first kappa shape index (κ1) is 18.7. The maximum absolute atomic E-state index is 12.1. The van der Waals surface area contributed by atoms with Crippen LogP contribution in [0.4, 0.5) is 5.69 Å². The van der Waals surface area contributed by atoms with Gasteiger partial charge in [0, 0.05) is 31.3 Å². The Morgan fingerprint density at radius 1 is 1.00 bits per heavy atom. The van der Waals surface area contributed by atoms with Crippen molar-refractivity contribution >= 4 is 17.5 Å². The van der Waals surface area contributed by atoms with Crippen LogP contribution in [-0.2, 0) is 11.3 Å². The molecular formula is C20H25N3O2. The highest BCUT2D eigenvalue weighted by molar-refractivity contribution is 5.95. The first-order chi connectivity index (χ1) is 12.0. The molecule has 0 radical (unpaired) electrons. The van der Waals surface area contributed by atoms with Gasteiger partial charge in [0.2, 0.25) is 5.91 Å². The molecule has 0 aliphatic heterocycles. The highest BCUT2D eigenvalue weighted by Crippen LogP contribution is 2.09. The predicted octanol–water partition coefficient (Wildman–Crippen LogP) is 2.90. The van der Waals surface area contributed by atoms with E-state index in [-0.39, 0.29) is 11.8 Å². The first-order valence-corrected chi connectivity index (χ1v) is 8.43. The summed E-state index contributed by atoms with van der Waals surface area (Å²) in [6.45, 7) is 3.90. The Kier molecular flexibility index (Phi) is 7.16. The third-order valence-electron chi connectivity index (χ3n) is 3.76. The van der Waals surface area contributed by atoms with Crippen LogP contribution in [0.3, 0.4) is 0 Å². The predicted molar refractivity (Wildman–Crippen MR) is 100 cm³/mol. The van der Waals surface area contributed by atoms with E-state index in [4.69, 9.17) is 0 Å². The van der Waals surface area contributed by atoms with E-state index in [1.165, 1.54) is 12.5 Å². The number of nitrogens with zero attached hydrogens (tertiary/aromatic N) is 1. The van der Waals surface area contributed by atoms with Crippen LogP contribution in [0.5, 0.6) is 0 Å². The molecule has 0 unspecified atom stereocenters. The van der Waals surface area contributed by atoms with Gasteiger partial charge in [-0.1, -0.05) is 30.3 Å². The number of hydrogen-bond donors (Lipinski definition) is 2. The lowest BCUT2D eigenvalue weighted by Gasteiger charge is -2.16. The maximum atomic E-state index is 12.1. The molecule has 0 spiro atoms. The molecule has 2 amide bonds. The lowest BCUT2D eigenvalue weighted by atomic mass is 10.2. The van der Waals surface area contributed by atoms with E-state index in [2.05, 4.69) is 34.7 Å². The zero-order chi connectivity index (χ0) is 18.1. The van der Waals surface area contributed by atoms with Crippen LogP contribution in [0, 0.1) is 0 Å². The molecule has 0 aromatic heterocycles. The fraction of sp³-hybridized carbons (Fsp3) is 0.300. The molecule has 0 fully saturated rings. The standard InChI is InChI=1S/C20H25N3O2/c1-16(24)22-19-11-9-18(10-12-19)20(25)21-13-6-14-23(2)15-17-7-4-3-5-8-17/h3-5,7-12H,6,13-15H2,1-2H3,(H,21,25)(H,22,24). The van der Waals surface area contributed by atoms with Gasteiger partial charge < -0.3 is 15.5 Å². The minimum absolute atomic E-state index is 0.0971. The molecule has 0 atom stereocenters. The summed E-state index contributed by atoms with van der Waals surface area (Å²) in [4.78, 5) is 25.3. The molecule has 25 heavy (non-hydrogen) atoms. The highest BCUT2D eigenvalue weighted by atomic mass is 16.2. The smallest absolute Gasteiger partial charge is 0.251 e. The minimum atomic E-state index is -0.128. The summed E-state index contributed by atoms with van der Waals surface area (Å²) in [5.41, 5.74) is 2.56. The van der Waals surface area contributed by atoms with Gasteiger partial charge in [0.25, 0.3) is 5.91 Å². The largest absolute Gasteiger partial charge is 0.352 e. The SMILES string of the molecule is CC(=O)Nc1ccc(C(=O)NCCCN(C)Cc2ccccc2)cc1. The van der Waals surface area contributed by atoms with Crippen LogP contribution in [-0.4, -0.2) is 36.9 Å². The average molecular weight is 339 g/mol. The Balaban J connectivity index is 1.68. The quantitative estimate of drug-likeness (QED) is 0.727. The number of rotatable bonds is 8. The van der Waals surface area contributed by atoms with E-state index in [1.807, 2.05) is 18.2 Å². The Bertz CT molecular complexity index is 684. The molecule has 2 N–H and O–H groups in total. The number of amides is 2. The van der Waals surface area contributed by atoms with Gasteiger partial charge in [-0.05, 0) is 49.8 Å². The summed E-state index contributed by atoms with van der Waals surface area (Å²) in [6.07, 6.45) is 0.888. The van der Waals surface area contributed by atoms with Crippen molar-refractivity contribution in [1.82, 2.24) is 10.2 Å². The van der Waals surface area contributed by atoms with Gasteiger partial charge in [0.05, 0.1) is 0 Å². The number of nitrogens with one attached hydrogen (secondary N) is 2. The lowest BCUT2D eigenvalue weighted by molar-refractivity contribution is -0.114. The molecule has 132 valence electrons. The molecule has 2 aromatic carbocycles. The zero-order valence-corrected chi connectivity index (χ0v) is 14.8. The third kappa shape index (κ3) is 6.77. The normalized spacial score (nSPS) is 10.5. The van der Waals surface area contributed by atoms with Crippen LogP contribution in [0.2, 0.25) is 0 Å². The molecular weight excluding hydrogens is 314 g/mol. The van der Waals surface area contributed by atoms with Crippen LogP contribution in [0.15, 0.2) is 54.6 Å².